The Labute approximate surface area is 195 Å². The van der Waals surface area contributed by atoms with Crippen molar-refractivity contribution in [1.29, 1.82) is 0 Å². The smallest absolute Gasteiger partial charge is 0.407 e. The molecule has 1 amide bonds. The monoisotopic (exact) mass is 487 g/mol. The summed E-state index contributed by atoms with van der Waals surface area (Å²) in [6.45, 7) is 4.95. The van der Waals surface area contributed by atoms with E-state index in [0.29, 0.717) is 24.0 Å². The number of hydrogen-bond donors (Lipinski definition) is 1. The van der Waals surface area contributed by atoms with Crippen molar-refractivity contribution >= 4 is 17.8 Å². The molecule has 6 nitrogen and oxygen atoms in total. The molecule has 2 aliphatic carbocycles. The van der Waals surface area contributed by atoms with E-state index in [2.05, 4.69) is 10.1 Å². The van der Waals surface area contributed by atoms with Gasteiger partial charge in [-0.05, 0) is 56.9 Å². The highest BCUT2D eigenvalue weighted by Crippen LogP contribution is 2.45. The van der Waals surface area contributed by atoms with Crippen molar-refractivity contribution < 1.29 is 41.4 Å². The molecular weight excluding hydrogens is 458 g/mol. The number of alkyl halides is 2. The predicted octanol–water partition coefficient (Wildman–Crippen LogP) is 4.68. The number of rotatable bonds is 6. The summed E-state index contributed by atoms with van der Waals surface area (Å²) in [4.78, 5) is 37.7. The number of amides is 1. The maximum atomic E-state index is 14.1. The van der Waals surface area contributed by atoms with Gasteiger partial charge in [0.2, 0.25) is 5.92 Å². The van der Waals surface area contributed by atoms with Crippen molar-refractivity contribution in [2.45, 2.75) is 76.4 Å². The summed E-state index contributed by atoms with van der Waals surface area (Å²) < 4.78 is 65.8. The minimum Gasteiger partial charge on any atom is -0.469 e. The van der Waals surface area contributed by atoms with Crippen LogP contribution in [0.3, 0.4) is 0 Å². The van der Waals surface area contributed by atoms with Crippen LogP contribution in [0, 0.1) is 23.5 Å². The minimum atomic E-state index is -3.20. The highest BCUT2D eigenvalue weighted by molar-refractivity contribution is 5.88. The zero-order valence-corrected chi connectivity index (χ0v) is 19.6. The number of ketones is 1. The lowest BCUT2D eigenvalue weighted by Crippen LogP contribution is -2.44. The summed E-state index contributed by atoms with van der Waals surface area (Å²) in [6.07, 6.45) is -2.03. The van der Waals surface area contributed by atoms with Crippen molar-refractivity contribution in [2.24, 2.45) is 11.8 Å². The van der Waals surface area contributed by atoms with Gasteiger partial charge in [0, 0.05) is 37.1 Å². The van der Waals surface area contributed by atoms with E-state index in [1.807, 2.05) is 0 Å². The SMILES string of the molecule is COC(=O)[C@@H]1CC(F)(F)CC1C(=O)CC(NC(=O)OC(C)(C)C)C1CCc2cc(F)c(F)cc21. The average molecular weight is 487 g/mol. The molecule has 1 aromatic carbocycles. The van der Waals surface area contributed by atoms with Crippen LogP contribution in [0.25, 0.3) is 0 Å². The average Bonchev–Trinajstić information content (AvgIpc) is 3.25. The molecule has 1 N–H and O–H groups in total. The van der Waals surface area contributed by atoms with Gasteiger partial charge in [-0.25, -0.2) is 22.4 Å². The standard InChI is InChI=1S/C24H29F4NO5/c1-23(2,3)34-22(32)29-19(13-6-5-12-7-17(25)18(26)8-14(12)13)9-20(30)15-10-24(27,28)11-16(15)21(31)33-4/h7-8,13,15-16,19H,5-6,9-11H2,1-4H3,(H,29,32)/t13?,15?,16-,19?/m1/s1. The molecule has 1 aromatic rings. The van der Waals surface area contributed by atoms with Crippen LogP contribution < -0.4 is 5.32 Å². The number of carbonyl (C=O) groups excluding carboxylic acids is 3. The maximum absolute atomic E-state index is 14.1. The molecule has 0 heterocycles. The number of carbonyl (C=O) groups is 3. The van der Waals surface area contributed by atoms with E-state index in [1.54, 1.807) is 20.8 Å². The number of hydrogen-bond acceptors (Lipinski definition) is 5. The third-order valence-corrected chi connectivity index (χ3v) is 6.36. The van der Waals surface area contributed by atoms with Gasteiger partial charge in [-0.2, -0.15) is 0 Å². The fraction of sp³-hybridized carbons (Fsp3) is 0.625. The number of esters is 1. The number of aryl methyl sites for hydroxylation is 1. The van der Waals surface area contributed by atoms with Crippen molar-refractivity contribution in [2.75, 3.05) is 7.11 Å². The Morgan fingerprint density at radius 2 is 1.74 bits per heavy atom. The van der Waals surface area contributed by atoms with Crippen LogP contribution in [-0.4, -0.2) is 42.5 Å². The summed E-state index contributed by atoms with van der Waals surface area (Å²) in [5.41, 5.74) is 0.145. The fourth-order valence-corrected chi connectivity index (χ4v) is 4.92. The molecule has 0 spiro atoms. The van der Waals surface area contributed by atoms with Gasteiger partial charge in [-0.3, -0.25) is 9.59 Å². The van der Waals surface area contributed by atoms with Gasteiger partial charge in [-0.15, -0.1) is 0 Å². The number of ether oxygens (including phenoxy) is 2. The Hall–Kier alpha value is -2.65. The van der Waals surface area contributed by atoms with E-state index >= 15 is 0 Å². The summed E-state index contributed by atoms with van der Waals surface area (Å²) in [5, 5.41) is 2.62. The first-order valence-electron chi connectivity index (χ1n) is 11.2. The molecule has 1 saturated carbocycles. The zero-order valence-electron chi connectivity index (χ0n) is 19.6. The summed E-state index contributed by atoms with van der Waals surface area (Å²) in [5.74, 6) is -9.93. The number of fused-ring (bicyclic) bond motifs is 1. The second kappa shape index (κ2) is 9.54. The molecule has 34 heavy (non-hydrogen) atoms. The van der Waals surface area contributed by atoms with E-state index in [1.165, 1.54) is 0 Å². The third-order valence-electron chi connectivity index (χ3n) is 6.36. The van der Waals surface area contributed by atoms with E-state index in [-0.39, 0.29) is 6.42 Å². The van der Waals surface area contributed by atoms with Crippen LogP contribution in [-0.2, 0) is 25.5 Å². The normalized spacial score (nSPS) is 24.3. The fourth-order valence-electron chi connectivity index (χ4n) is 4.92. The van der Waals surface area contributed by atoms with Gasteiger partial charge in [-0.1, -0.05) is 0 Å². The van der Waals surface area contributed by atoms with E-state index < -0.39 is 77.6 Å². The van der Waals surface area contributed by atoms with E-state index in [4.69, 9.17) is 4.74 Å². The van der Waals surface area contributed by atoms with Crippen LogP contribution in [0.15, 0.2) is 12.1 Å². The summed E-state index contributed by atoms with van der Waals surface area (Å²) >= 11 is 0. The maximum Gasteiger partial charge on any atom is 0.407 e. The second-order valence-corrected chi connectivity index (χ2v) is 10.0. The van der Waals surface area contributed by atoms with Gasteiger partial charge in [0.15, 0.2) is 11.6 Å². The third kappa shape index (κ3) is 5.88. The molecule has 2 aliphatic rings. The molecule has 0 aliphatic heterocycles. The molecule has 10 heteroatoms. The summed E-state index contributed by atoms with van der Waals surface area (Å²) in [6, 6.07) is 1.19. The number of Topliss-reactive ketones (excluding diaryl/α,β-unsaturated/α-hetero) is 1. The number of nitrogens with one attached hydrogen (secondary N) is 1. The quantitative estimate of drug-likeness (QED) is 0.466. The lowest BCUT2D eigenvalue weighted by molar-refractivity contribution is -0.149. The molecule has 0 radical (unpaired) electrons. The van der Waals surface area contributed by atoms with Crippen molar-refractivity contribution in [3.8, 4) is 0 Å². The predicted molar refractivity (Wildman–Crippen MR) is 113 cm³/mol. The molecule has 188 valence electrons. The Balaban J connectivity index is 1.88. The first kappa shape index (κ1) is 26.0. The highest BCUT2D eigenvalue weighted by atomic mass is 19.3. The van der Waals surface area contributed by atoms with Crippen molar-refractivity contribution in [3.05, 3.63) is 34.9 Å². The van der Waals surface area contributed by atoms with Crippen molar-refractivity contribution in [1.82, 2.24) is 5.32 Å². The molecule has 0 aromatic heterocycles. The molecule has 3 unspecified atom stereocenters. The number of alkyl carbamates (subject to hydrolysis) is 1. The van der Waals surface area contributed by atoms with Crippen LogP contribution in [0.5, 0.6) is 0 Å². The number of methoxy groups -OCH3 is 1. The molecule has 4 atom stereocenters. The molecule has 1 fully saturated rings. The zero-order chi connectivity index (χ0) is 25.4. The van der Waals surface area contributed by atoms with Crippen molar-refractivity contribution in [3.63, 3.8) is 0 Å². The van der Waals surface area contributed by atoms with Gasteiger partial charge in [0.05, 0.1) is 13.0 Å². The van der Waals surface area contributed by atoms with Crippen LogP contribution in [0.1, 0.15) is 63.5 Å². The van der Waals surface area contributed by atoms with Gasteiger partial charge in [0.1, 0.15) is 11.4 Å². The van der Waals surface area contributed by atoms with Crippen LogP contribution >= 0.6 is 0 Å². The summed E-state index contributed by atoms with van der Waals surface area (Å²) in [7, 11) is 1.07. The van der Waals surface area contributed by atoms with E-state index in [0.717, 1.165) is 19.2 Å². The lowest BCUT2D eigenvalue weighted by atomic mass is 9.84. The molecule has 3 rings (SSSR count). The Kier molecular flexibility index (Phi) is 7.28. The number of benzene rings is 1. The first-order chi connectivity index (χ1) is 15.7. The van der Waals surface area contributed by atoms with Gasteiger partial charge in [0.25, 0.3) is 0 Å². The Morgan fingerprint density at radius 3 is 2.35 bits per heavy atom. The topological polar surface area (TPSA) is 81.7 Å². The first-order valence-corrected chi connectivity index (χ1v) is 11.2. The van der Waals surface area contributed by atoms with Gasteiger partial charge < -0.3 is 14.8 Å². The minimum absolute atomic E-state index is 0.378. The van der Waals surface area contributed by atoms with Crippen LogP contribution in [0.4, 0.5) is 22.4 Å². The molecule has 0 bridgehead atoms. The van der Waals surface area contributed by atoms with E-state index in [9.17, 15) is 31.9 Å². The molecular formula is C24H29F4NO5. The Morgan fingerprint density at radius 1 is 1.12 bits per heavy atom. The number of halogens is 4. The second-order valence-electron chi connectivity index (χ2n) is 10.0. The van der Waals surface area contributed by atoms with Crippen LogP contribution in [0.2, 0.25) is 0 Å². The Bertz CT molecular complexity index is 975. The lowest BCUT2D eigenvalue weighted by Gasteiger charge is -2.28. The van der Waals surface area contributed by atoms with Gasteiger partial charge >= 0.3 is 12.1 Å². The largest absolute Gasteiger partial charge is 0.469 e. The molecule has 0 saturated heterocycles. The highest BCUT2D eigenvalue weighted by Gasteiger charge is 2.53.